The summed E-state index contributed by atoms with van der Waals surface area (Å²) in [5.74, 6) is 2.99. The minimum atomic E-state index is 0.281. The van der Waals surface area contributed by atoms with Crippen LogP contribution in [0.5, 0.6) is 0 Å². The molecule has 3 N–H and O–H groups in total. The quantitative estimate of drug-likeness (QED) is 0.629. The fraction of sp³-hybridized carbons (Fsp3) is 0.211. The minimum Gasteiger partial charge on any atom is -0.373 e. The molecule has 0 radical (unpaired) electrons. The molecule has 0 aliphatic rings. The predicted octanol–water partition coefficient (Wildman–Crippen LogP) is 4.14. The van der Waals surface area contributed by atoms with Gasteiger partial charge in [-0.2, -0.15) is 0 Å². The zero-order valence-electron chi connectivity index (χ0n) is 14.6. The van der Waals surface area contributed by atoms with Crippen LogP contribution in [-0.4, -0.2) is 28.0 Å². The Morgan fingerprint density at radius 1 is 0.880 bits per heavy atom. The van der Waals surface area contributed by atoms with Crippen LogP contribution in [0, 0.1) is 0 Å². The SMILES string of the molecule is CNc1cc(Nc2cc(NC(C)C)nc(-c3ccccc3)n2)ccn1. The van der Waals surface area contributed by atoms with E-state index in [9.17, 15) is 0 Å². The molecule has 0 unspecified atom stereocenters. The van der Waals surface area contributed by atoms with Crippen LogP contribution in [0.4, 0.5) is 23.1 Å². The van der Waals surface area contributed by atoms with Gasteiger partial charge in [-0.15, -0.1) is 0 Å². The molecule has 6 nitrogen and oxygen atoms in total. The third kappa shape index (κ3) is 4.44. The number of anilines is 4. The molecule has 0 fully saturated rings. The highest BCUT2D eigenvalue weighted by atomic mass is 15.1. The lowest BCUT2D eigenvalue weighted by molar-refractivity contribution is 0.887. The van der Waals surface area contributed by atoms with Gasteiger partial charge in [0.05, 0.1) is 0 Å². The lowest BCUT2D eigenvalue weighted by Crippen LogP contribution is -2.12. The van der Waals surface area contributed by atoms with Gasteiger partial charge in [0.25, 0.3) is 0 Å². The number of hydrogen-bond donors (Lipinski definition) is 3. The summed E-state index contributed by atoms with van der Waals surface area (Å²) < 4.78 is 0. The largest absolute Gasteiger partial charge is 0.373 e. The number of hydrogen-bond acceptors (Lipinski definition) is 6. The minimum absolute atomic E-state index is 0.281. The molecule has 0 aliphatic carbocycles. The van der Waals surface area contributed by atoms with E-state index in [2.05, 4.69) is 44.7 Å². The fourth-order valence-corrected chi connectivity index (χ4v) is 2.39. The van der Waals surface area contributed by atoms with Crippen molar-refractivity contribution < 1.29 is 0 Å². The summed E-state index contributed by atoms with van der Waals surface area (Å²) in [5, 5.41) is 9.71. The molecule has 3 aromatic rings. The Bertz CT molecular complexity index is 832. The summed E-state index contributed by atoms with van der Waals surface area (Å²) in [4.78, 5) is 13.5. The maximum absolute atomic E-state index is 4.66. The first kappa shape index (κ1) is 16.7. The first-order chi connectivity index (χ1) is 12.1. The Hall–Kier alpha value is -3.15. The van der Waals surface area contributed by atoms with E-state index in [1.807, 2.05) is 55.6 Å². The van der Waals surface area contributed by atoms with Crippen molar-refractivity contribution >= 4 is 23.1 Å². The molecular formula is C19H22N6. The van der Waals surface area contributed by atoms with Crippen LogP contribution >= 0.6 is 0 Å². The zero-order valence-corrected chi connectivity index (χ0v) is 14.6. The van der Waals surface area contributed by atoms with Crippen molar-refractivity contribution in [2.45, 2.75) is 19.9 Å². The van der Waals surface area contributed by atoms with Crippen LogP contribution in [0.3, 0.4) is 0 Å². The summed E-state index contributed by atoms with van der Waals surface area (Å²) >= 11 is 0. The number of nitrogens with zero attached hydrogens (tertiary/aromatic N) is 3. The van der Waals surface area contributed by atoms with Crippen LogP contribution in [0.2, 0.25) is 0 Å². The van der Waals surface area contributed by atoms with Gasteiger partial charge in [-0.25, -0.2) is 15.0 Å². The lowest BCUT2D eigenvalue weighted by atomic mass is 10.2. The molecule has 128 valence electrons. The van der Waals surface area contributed by atoms with E-state index in [1.165, 1.54) is 0 Å². The third-order valence-corrected chi connectivity index (χ3v) is 3.48. The molecule has 0 saturated carbocycles. The highest BCUT2D eigenvalue weighted by molar-refractivity contribution is 5.66. The van der Waals surface area contributed by atoms with Crippen molar-refractivity contribution in [3.8, 4) is 11.4 Å². The van der Waals surface area contributed by atoms with Crippen molar-refractivity contribution in [1.82, 2.24) is 15.0 Å². The van der Waals surface area contributed by atoms with Crippen molar-refractivity contribution in [2.24, 2.45) is 0 Å². The summed E-state index contributed by atoms with van der Waals surface area (Å²) in [6, 6.07) is 16.0. The molecule has 2 heterocycles. The van der Waals surface area contributed by atoms with Gasteiger partial charge >= 0.3 is 0 Å². The molecule has 0 aliphatic heterocycles. The van der Waals surface area contributed by atoms with E-state index in [4.69, 9.17) is 0 Å². The summed E-state index contributed by atoms with van der Waals surface area (Å²) in [7, 11) is 1.84. The number of aromatic nitrogens is 3. The second kappa shape index (κ2) is 7.61. The van der Waals surface area contributed by atoms with Gasteiger partial charge in [-0.05, 0) is 19.9 Å². The maximum atomic E-state index is 4.66. The van der Waals surface area contributed by atoms with E-state index in [0.717, 1.165) is 28.7 Å². The van der Waals surface area contributed by atoms with Gasteiger partial charge in [0.2, 0.25) is 0 Å². The number of rotatable bonds is 6. The second-order valence-electron chi connectivity index (χ2n) is 5.93. The second-order valence-corrected chi connectivity index (χ2v) is 5.93. The van der Waals surface area contributed by atoms with Gasteiger partial charge < -0.3 is 16.0 Å². The summed E-state index contributed by atoms with van der Waals surface area (Å²) in [6.07, 6.45) is 1.75. The first-order valence-corrected chi connectivity index (χ1v) is 8.26. The first-order valence-electron chi connectivity index (χ1n) is 8.26. The van der Waals surface area contributed by atoms with Crippen LogP contribution in [0.15, 0.2) is 54.7 Å². The van der Waals surface area contributed by atoms with Gasteiger partial charge in [0, 0.05) is 42.7 Å². The molecule has 0 spiro atoms. The van der Waals surface area contributed by atoms with Gasteiger partial charge in [0.1, 0.15) is 17.5 Å². The molecule has 25 heavy (non-hydrogen) atoms. The highest BCUT2D eigenvalue weighted by Crippen LogP contribution is 2.23. The lowest BCUT2D eigenvalue weighted by Gasteiger charge is -2.13. The van der Waals surface area contributed by atoms with Crippen LogP contribution in [-0.2, 0) is 0 Å². The van der Waals surface area contributed by atoms with Crippen LogP contribution in [0.25, 0.3) is 11.4 Å². The average molecular weight is 334 g/mol. The Balaban J connectivity index is 1.96. The third-order valence-electron chi connectivity index (χ3n) is 3.48. The van der Waals surface area contributed by atoms with Gasteiger partial charge in [-0.3, -0.25) is 0 Å². The highest BCUT2D eigenvalue weighted by Gasteiger charge is 2.08. The van der Waals surface area contributed by atoms with Crippen LogP contribution in [0.1, 0.15) is 13.8 Å². The molecule has 3 rings (SSSR count). The molecular weight excluding hydrogens is 312 g/mol. The monoisotopic (exact) mass is 334 g/mol. The molecule has 2 aromatic heterocycles. The Morgan fingerprint density at radius 2 is 1.64 bits per heavy atom. The number of pyridine rings is 1. The van der Waals surface area contributed by atoms with E-state index < -0.39 is 0 Å². The number of benzene rings is 1. The average Bonchev–Trinajstić information content (AvgIpc) is 2.62. The Kier molecular flexibility index (Phi) is 5.09. The van der Waals surface area contributed by atoms with Gasteiger partial charge in [0.15, 0.2) is 5.82 Å². The van der Waals surface area contributed by atoms with E-state index in [-0.39, 0.29) is 6.04 Å². The van der Waals surface area contributed by atoms with Crippen molar-refractivity contribution in [3.05, 3.63) is 54.7 Å². The van der Waals surface area contributed by atoms with Crippen LogP contribution < -0.4 is 16.0 Å². The van der Waals surface area contributed by atoms with Crippen molar-refractivity contribution in [2.75, 3.05) is 23.0 Å². The molecule has 0 saturated heterocycles. The topological polar surface area (TPSA) is 74.8 Å². The predicted molar refractivity (Wildman–Crippen MR) is 103 cm³/mol. The van der Waals surface area contributed by atoms with Crippen molar-refractivity contribution in [3.63, 3.8) is 0 Å². The summed E-state index contributed by atoms with van der Waals surface area (Å²) in [6.45, 7) is 4.17. The Labute approximate surface area is 147 Å². The summed E-state index contributed by atoms with van der Waals surface area (Å²) in [5.41, 5.74) is 1.89. The molecule has 0 atom stereocenters. The molecule has 0 bridgehead atoms. The van der Waals surface area contributed by atoms with E-state index in [0.29, 0.717) is 5.82 Å². The smallest absolute Gasteiger partial charge is 0.163 e. The standard InChI is InChI=1S/C19H22N6/c1-13(2)22-17-12-18(23-15-9-10-21-16(11-15)20-3)25-19(24-17)14-7-5-4-6-8-14/h4-13H,1-3H3,(H3,20,21,22,23,24,25). The molecule has 1 aromatic carbocycles. The van der Waals surface area contributed by atoms with Crippen molar-refractivity contribution in [1.29, 1.82) is 0 Å². The fourth-order valence-electron chi connectivity index (χ4n) is 2.39. The normalized spacial score (nSPS) is 10.6. The van der Waals surface area contributed by atoms with E-state index >= 15 is 0 Å². The number of nitrogens with one attached hydrogen (secondary N) is 3. The zero-order chi connectivity index (χ0) is 17.6. The van der Waals surface area contributed by atoms with Gasteiger partial charge in [-0.1, -0.05) is 30.3 Å². The van der Waals surface area contributed by atoms with E-state index in [1.54, 1.807) is 6.20 Å². The molecule has 6 heteroatoms. The Morgan fingerprint density at radius 3 is 2.36 bits per heavy atom. The molecule has 0 amide bonds. The maximum Gasteiger partial charge on any atom is 0.163 e.